The molecule has 1 rings (SSSR count). The Morgan fingerprint density at radius 3 is 2.89 bits per heavy atom. The number of carbonyl (C=O) groups is 2. The van der Waals surface area contributed by atoms with E-state index in [1.807, 2.05) is 0 Å². The summed E-state index contributed by atoms with van der Waals surface area (Å²) in [7, 11) is 0. The van der Waals surface area contributed by atoms with Crippen molar-refractivity contribution in [3.8, 4) is 0 Å². The van der Waals surface area contributed by atoms with Gasteiger partial charge in [-0.1, -0.05) is 6.08 Å². The SMILES string of the molecule is C=CCN(CC(=O)OCC)C(=O)/C=C/c1ccco1. The van der Waals surface area contributed by atoms with Crippen molar-refractivity contribution < 1.29 is 18.7 Å². The van der Waals surface area contributed by atoms with Gasteiger partial charge in [-0.3, -0.25) is 9.59 Å². The van der Waals surface area contributed by atoms with E-state index in [2.05, 4.69) is 6.58 Å². The van der Waals surface area contributed by atoms with Crippen molar-refractivity contribution in [2.75, 3.05) is 19.7 Å². The molecule has 1 aromatic rings. The van der Waals surface area contributed by atoms with Crippen molar-refractivity contribution >= 4 is 18.0 Å². The van der Waals surface area contributed by atoms with Gasteiger partial charge >= 0.3 is 5.97 Å². The molecule has 0 saturated heterocycles. The van der Waals surface area contributed by atoms with Gasteiger partial charge in [0.05, 0.1) is 12.9 Å². The summed E-state index contributed by atoms with van der Waals surface area (Å²) in [5.41, 5.74) is 0. The van der Waals surface area contributed by atoms with Crippen molar-refractivity contribution in [3.05, 3.63) is 42.9 Å². The van der Waals surface area contributed by atoms with E-state index in [0.717, 1.165) is 0 Å². The average Bonchev–Trinajstić information content (AvgIpc) is 2.89. The third kappa shape index (κ3) is 5.25. The van der Waals surface area contributed by atoms with E-state index < -0.39 is 5.97 Å². The van der Waals surface area contributed by atoms with Gasteiger partial charge < -0.3 is 14.1 Å². The molecule has 0 aliphatic carbocycles. The summed E-state index contributed by atoms with van der Waals surface area (Å²) in [5.74, 6) is -0.170. The Balaban J connectivity index is 2.61. The lowest BCUT2D eigenvalue weighted by Gasteiger charge is -2.17. The first kappa shape index (κ1) is 14.8. The van der Waals surface area contributed by atoms with Crippen LogP contribution in [0.25, 0.3) is 6.08 Å². The first-order chi connectivity index (χ1) is 9.17. The van der Waals surface area contributed by atoms with Gasteiger partial charge in [0.2, 0.25) is 5.91 Å². The molecule has 0 atom stereocenters. The van der Waals surface area contributed by atoms with Crippen LogP contribution in [0.1, 0.15) is 12.7 Å². The normalized spacial score (nSPS) is 10.4. The predicted octanol–water partition coefficient (Wildman–Crippen LogP) is 1.87. The molecule has 0 radical (unpaired) electrons. The van der Waals surface area contributed by atoms with E-state index in [1.165, 1.54) is 17.2 Å². The molecule has 0 N–H and O–H groups in total. The van der Waals surface area contributed by atoms with Gasteiger partial charge in [0, 0.05) is 12.6 Å². The van der Waals surface area contributed by atoms with Gasteiger partial charge in [-0.2, -0.15) is 0 Å². The van der Waals surface area contributed by atoms with Crippen LogP contribution in [0.3, 0.4) is 0 Å². The molecule has 1 amide bonds. The number of hydrogen-bond donors (Lipinski definition) is 0. The monoisotopic (exact) mass is 263 g/mol. The molecular weight excluding hydrogens is 246 g/mol. The third-order valence-corrected chi connectivity index (χ3v) is 2.22. The fraction of sp³-hybridized carbons (Fsp3) is 0.286. The number of ether oxygens (including phenoxy) is 1. The predicted molar refractivity (Wildman–Crippen MR) is 71.2 cm³/mol. The number of amides is 1. The van der Waals surface area contributed by atoms with Crippen LogP contribution in [-0.4, -0.2) is 36.5 Å². The van der Waals surface area contributed by atoms with E-state index >= 15 is 0 Å². The lowest BCUT2D eigenvalue weighted by Crippen LogP contribution is -2.35. The number of carbonyl (C=O) groups excluding carboxylic acids is 2. The number of esters is 1. The summed E-state index contributed by atoms with van der Waals surface area (Å²) >= 11 is 0. The lowest BCUT2D eigenvalue weighted by molar-refractivity contribution is -0.147. The number of nitrogens with zero attached hydrogens (tertiary/aromatic N) is 1. The second-order valence-corrected chi connectivity index (χ2v) is 3.66. The van der Waals surface area contributed by atoms with E-state index in [1.54, 1.807) is 31.2 Å². The summed E-state index contributed by atoms with van der Waals surface area (Å²) < 4.78 is 9.88. The fourth-order valence-corrected chi connectivity index (χ4v) is 1.40. The van der Waals surface area contributed by atoms with Crippen molar-refractivity contribution in [2.24, 2.45) is 0 Å². The van der Waals surface area contributed by atoms with E-state index in [-0.39, 0.29) is 25.6 Å². The number of furan rings is 1. The van der Waals surface area contributed by atoms with Gasteiger partial charge in [-0.05, 0) is 25.1 Å². The smallest absolute Gasteiger partial charge is 0.325 e. The largest absolute Gasteiger partial charge is 0.465 e. The van der Waals surface area contributed by atoms with Crippen LogP contribution in [0.5, 0.6) is 0 Å². The summed E-state index contributed by atoms with van der Waals surface area (Å²) in [6.07, 6.45) is 5.97. The van der Waals surface area contributed by atoms with Crippen molar-refractivity contribution in [1.29, 1.82) is 0 Å². The number of rotatable bonds is 7. The molecular formula is C14H17NO4. The molecule has 0 aliphatic rings. The molecule has 0 unspecified atom stereocenters. The maximum atomic E-state index is 11.9. The zero-order valence-electron chi connectivity index (χ0n) is 10.9. The highest BCUT2D eigenvalue weighted by Crippen LogP contribution is 2.03. The topological polar surface area (TPSA) is 59.8 Å². The van der Waals surface area contributed by atoms with Crippen LogP contribution < -0.4 is 0 Å². The molecule has 19 heavy (non-hydrogen) atoms. The second kappa shape index (κ2) is 7.92. The van der Waals surface area contributed by atoms with Gasteiger partial charge in [-0.25, -0.2) is 0 Å². The minimum Gasteiger partial charge on any atom is -0.465 e. The van der Waals surface area contributed by atoms with Crippen LogP contribution >= 0.6 is 0 Å². The summed E-state index contributed by atoms with van der Waals surface area (Å²) in [5, 5.41) is 0. The summed E-state index contributed by atoms with van der Waals surface area (Å²) in [6, 6.07) is 3.46. The molecule has 0 bridgehead atoms. The molecule has 102 valence electrons. The lowest BCUT2D eigenvalue weighted by atomic mass is 10.3. The van der Waals surface area contributed by atoms with Gasteiger partial charge in [0.15, 0.2) is 0 Å². The van der Waals surface area contributed by atoms with Crippen LogP contribution in [0.4, 0.5) is 0 Å². The van der Waals surface area contributed by atoms with Crippen LogP contribution in [-0.2, 0) is 14.3 Å². The second-order valence-electron chi connectivity index (χ2n) is 3.66. The molecule has 0 aliphatic heterocycles. The highest BCUT2D eigenvalue weighted by Gasteiger charge is 2.14. The third-order valence-electron chi connectivity index (χ3n) is 2.22. The maximum absolute atomic E-state index is 11.9. The Morgan fingerprint density at radius 1 is 1.53 bits per heavy atom. The molecule has 5 heteroatoms. The van der Waals surface area contributed by atoms with Gasteiger partial charge in [0.1, 0.15) is 12.3 Å². The van der Waals surface area contributed by atoms with Crippen LogP contribution in [0.2, 0.25) is 0 Å². The standard InChI is InChI=1S/C14H17NO4/c1-3-9-15(11-14(17)18-4-2)13(16)8-7-12-6-5-10-19-12/h3,5-8,10H,1,4,9,11H2,2H3/b8-7+. The van der Waals surface area contributed by atoms with Crippen LogP contribution in [0, 0.1) is 0 Å². The first-order valence-electron chi connectivity index (χ1n) is 5.94. The van der Waals surface area contributed by atoms with Crippen LogP contribution in [0.15, 0.2) is 41.5 Å². The van der Waals surface area contributed by atoms with E-state index in [0.29, 0.717) is 5.76 Å². The van der Waals surface area contributed by atoms with Crippen molar-refractivity contribution in [1.82, 2.24) is 4.90 Å². The number of hydrogen-bond acceptors (Lipinski definition) is 4. The van der Waals surface area contributed by atoms with Gasteiger partial charge in [-0.15, -0.1) is 6.58 Å². The Bertz CT molecular complexity index is 448. The van der Waals surface area contributed by atoms with E-state index in [4.69, 9.17) is 9.15 Å². The molecule has 1 aromatic heterocycles. The average molecular weight is 263 g/mol. The van der Waals surface area contributed by atoms with Gasteiger partial charge in [0.25, 0.3) is 0 Å². The first-order valence-corrected chi connectivity index (χ1v) is 5.94. The highest BCUT2D eigenvalue weighted by atomic mass is 16.5. The van der Waals surface area contributed by atoms with Crippen molar-refractivity contribution in [3.63, 3.8) is 0 Å². The Hall–Kier alpha value is -2.30. The van der Waals surface area contributed by atoms with E-state index in [9.17, 15) is 9.59 Å². The molecule has 0 spiro atoms. The molecule has 0 fully saturated rings. The molecule has 0 saturated carbocycles. The quantitative estimate of drug-likeness (QED) is 0.428. The molecule has 5 nitrogen and oxygen atoms in total. The summed E-state index contributed by atoms with van der Waals surface area (Å²) in [6.45, 7) is 5.74. The Morgan fingerprint density at radius 2 is 2.32 bits per heavy atom. The Kier molecular flexibility index (Phi) is 6.15. The summed E-state index contributed by atoms with van der Waals surface area (Å²) in [4.78, 5) is 24.6. The molecule has 0 aromatic carbocycles. The van der Waals surface area contributed by atoms with Crippen molar-refractivity contribution in [2.45, 2.75) is 6.92 Å². The molecule has 1 heterocycles. The zero-order chi connectivity index (χ0) is 14.1. The maximum Gasteiger partial charge on any atom is 0.325 e. The minimum atomic E-state index is -0.441. The minimum absolute atomic E-state index is 0.0960. The highest BCUT2D eigenvalue weighted by molar-refractivity contribution is 5.93. The zero-order valence-corrected chi connectivity index (χ0v) is 10.9. The fourth-order valence-electron chi connectivity index (χ4n) is 1.40. The Labute approximate surface area is 112 Å².